The van der Waals surface area contributed by atoms with E-state index in [0.717, 1.165) is 103 Å². The van der Waals surface area contributed by atoms with Gasteiger partial charge in [-0.05, 0) is 84.3 Å². The van der Waals surface area contributed by atoms with Gasteiger partial charge in [0.1, 0.15) is 33.6 Å². The Kier molecular flexibility index (Phi) is 10.9. The molecule has 49 heavy (non-hydrogen) atoms. The number of benzene rings is 3. The number of hydrogen-bond acceptors (Lipinski definition) is 9. The van der Waals surface area contributed by atoms with Crippen molar-refractivity contribution < 1.29 is 9.47 Å². The quantitative estimate of drug-likeness (QED) is 0.0933. The zero-order valence-corrected chi connectivity index (χ0v) is 30.4. The third-order valence-corrected chi connectivity index (χ3v) is 11.0. The van der Waals surface area contributed by atoms with E-state index in [1.807, 2.05) is 24.3 Å². The second-order valence-electron chi connectivity index (χ2n) is 12.2. The molecule has 0 aliphatic rings. The van der Waals surface area contributed by atoms with Gasteiger partial charge in [-0.2, -0.15) is 8.75 Å². The van der Waals surface area contributed by atoms with Crippen LogP contribution in [0.3, 0.4) is 0 Å². The molecule has 9 heteroatoms. The molecule has 0 unspecified atom stereocenters. The Hall–Kier alpha value is -4.18. The molecular formula is C40H40N4O2S3. The lowest BCUT2D eigenvalue weighted by molar-refractivity contribution is 0.305. The normalized spacial score (nSPS) is 11.5. The highest BCUT2D eigenvalue weighted by molar-refractivity contribution is 7.14. The Morgan fingerprint density at radius 1 is 0.510 bits per heavy atom. The molecule has 4 heterocycles. The molecule has 0 saturated heterocycles. The molecule has 0 aliphatic carbocycles. The van der Waals surface area contributed by atoms with Crippen molar-refractivity contribution in [1.29, 1.82) is 0 Å². The molecule has 0 spiro atoms. The van der Waals surface area contributed by atoms with Crippen molar-refractivity contribution in [3.8, 4) is 54.9 Å². The van der Waals surface area contributed by atoms with Crippen LogP contribution in [0.1, 0.15) is 65.2 Å². The summed E-state index contributed by atoms with van der Waals surface area (Å²) in [5.74, 6) is 1.73. The second kappa shape index (κ2) is 16.0. The topological polar surface area (TPSA) is 70.0 Å². The molecule has 0 saturated carbocycles. The monoisotopic (exact) mass is 704 g/mol. The van der Waals surface area contributed by atoms with E-state index in [1.165, 1.54) is 50.3 Å². The van der Waals surface area contributed by atoms with Gasteiger partial charge in [-0.1, -0.05) is 64.5 Å². The average molecular weight is 705 g/mol. The fraction of sp³-hybridized carbons (Fsp3) is 0.300. The van der Waals surface area contributed by atoms with Crippen LogP contribution in [0.2, 0.25) is 0 Å². The van der Waals surface area contributed by atoms with Crippen LogP contribution < -0.4 is 9.47 Å². The first-order chi connectivity index (χ1) is 24.2. The van der Waals surface area contributed by atoms with Gasteiger partial charge in [0, 0.05) is 32.0 Å². The van der Waals surface area contributed by atoms with E-state index in [-0.39, 0.29) is 0 Å². The molecule has 0 amide bonds. The number of rotatable bonds is 16. The first-order valence-electron chi connectivity index (χ1n) is 17.3. The third kappa shape index (κ3) is 7.39. The van der Waals surface area contributed by atoms with Gasteiger partial charge in [0.25, 0.3) is 0 Å². The minimum Gasteiger partial charge on any atom is -0.494 e. The summed E-state index contributed by atoms with van der Waals surface area (Å²) in [5.41, 5.74) is 8.92. The first-order valence-corrected chi connectivity index (χ1v) is 19.8. The molecule has 0 fully saturated rings. The molecule has 3 aromatic carbocycles. The van der Waals surface area contributed by atoms with Crippen molar-refractivity contribution in [3.63, 3.8) is 0 Å². The Balaban J connectivity index is 1.37. The number of unbranched alkanes of at least 4 members (excludes halogenated alkanes) is 6. The van der Waals surface area contributed by atoms with Crippen molar-refractivity contribution >= 4 is 56.5 Å². The Bertz CT molecular complexity index is 1940. The zero-order chi connectivity index (χ0) is 33.4. The molecule has 7 rings (SSSR count). The summed E-state index contributed by atoms with van der Waals surface area (Å²) in [6.07, 6.45) is 9.41. The predicted octanol–water partition coefficient (Wildman–Crippen LogP) is 12.3. The summed E-state index contributed by atoms with van der Waals surface area (Å²) < 4.78 is 21.9. The molecule has 250 valence electrons. The standard InChI is InChI=1S/C40H40N4O2S3/c1-3-5-7-9-23-45-29-19-15-27(16-20-29)35-36(28-17-21-30(22-18-28)46-24-10-8-6-4-2)42-38-34(32-14-12-26-48-32)40-39(43-49-44-40)33(37(38)41-35)31-13-11-25-47-31/h11-22,25-26H,3-10,23-24H2,1-2H3. The number of hydrogen-bond donors (Lipinski definition) is 0. The van der Waals surface area contributed by atoms with Crippen LogP contribution in [0.25, 0.3) is 65.5 Å². The summed E-state index contributed by atoms with van der Waals surface area (Å²) in [5, 5.41) is 4.19. The number of aromatic nitrogens is 4. The third-order valence-electron chi connectivity index (χ3n) is 8.66. The maximum Gasteiger partial charge on any atom is 0.119 e. The first kappa shape index (κ1) is 33.3. The molecular weight excluding hydrogens is 665 g/mol. The van der Waals surface area contributed by atoms with E-state index < -0.39 is 0 Å². The minimum absolute atomic E-state index is 0.723. The van der Waals surface area contributed by atoms with Crippen LogP contribution in [-0.2, 0) is 0 Å². The Morgan fingerprint density at radius 2 is 0.959 bits per heavy atom. The van der Waals surface area contributed by atoms with Gasteiger partial charge in [-0.25, -0.2) is 9.97 Å². The number of thiophene rings is 2. The fourth-order valence-corrected chi connectivity index (χ4v) is 8.20. The van der Waals surface area contributed by atoms with E-state index in [4.69, 9.17) is 28.2 Å². The summed E-state index contributed by atoms with van der Waals surface area (Å²) >= 11 is 4.60. The average Bonchev–Trinajstić information content (AvgIpc) is 3.95. The Morgan fingerprint density at radius 3 is 1.35 bits per heavy atom. The molecule has 0 radical (unpaired) electrons. The van der Waals surface area contributed by atoms with Crippen LogP contribution >= 0.6 is 34.4 Å². The Labute approximate surface area is 300 Å². The number of nitrogens with zero attached hydrogens (tertiary/aromatic N) is 4. The van der Waals surface area contributed by atoms with Gasteiger partial charge in [-0.15, -0.1) is 22.7 Å². The molecule has 0 N–H and O–H groups in total. The highest BCUT2D eigenvalue weighted by Crippen LogP contribution is 2.45. The van der Waals surface area contributed by atoms with Crippen LogP contribution in [-0.4, -0.2) is 31.9 Å². The highest BCUT2D eigenvalue weighted by Gasteiger charge is 2.25. The predicted molar refractivity (Wildman–Crippen MR) is 207 cm³/mol. The highest BCUT2D eigenvalue weighted by atomic mass is 32.1. The van der Waals surface area contributed by atoms with E-state index in [1.54, 1.807) is 22.7 Å². The fourth-order valence-electron chi connectivity index (χ4n) is 6.09. The maximum absolute atomic E-state index is 6.10. The van der Waals surface area contributed by atoms with E-state index >= 15 is 0 Å². The van der Waals surface area contributed by atoms with Gasteiger partial charge in [0.2, 0.25) is 0 Å². The number of fused-ring (bicyclic) bond motifs is 2. The molecule has 0 bridgehead atoms. The molecule has 0 atom stereocenters. The van der Waals surface area contributed by atoms with E-state index in [9.17, 15) is 0 Å². The number of ether oxygens (including phenoxy) is 2. The lowest BCUT2D eigenvalue weighted by Crippen LogP contribution is -2.01. The maximum atomic E-state index is 6.10. The SMILES string of the molecule is CCCCCCOc1ccc(-c2nc3c(-c4cccs4)c4nsnc4c(-c4cccs4)c3nc2-c2ccc(OCCCCCC)cc2)cc1. The van der Waals surface area contributed by atoms with Crippen molar-refractivity contribution in [3.05, 3.63) is 83.6 Å². The largest absolute Gasteiger partial charge is 0.494 e. The minimum atomic E-state index is 0.723. The van der Waals surface area contributed by atoms with Crippen LogP contribution in [0.5, 0.6) is 11.5 Å². The van der Waals surface area contributed by atoms with Gasteiger partial charge in [0.15, 0.2) is 0 Å². The zero-order valence-electron chi connectivity index (χ0n) is 28.0. The molecule has 6 nitrogen and oxygen atoms in total. The van der Waals surface area contributed by atoms with Crippen molar-refractivity contribution in [2.24, 2.45) is 0 Å². The van der Waals surface area contributed by atoms with Crippen LogP contribution in [0.4, 0.5) is 0 Å². The van der Waals surface area contributed by atoms with Crippen molar-refractivity contribution in [2.75, 3.05) is 13.2 Å². The van der Waals surface area contributed by atoms with Crippen LogP contribution in [0, 0.1) is 0 Å². The van der Waals surface area contributed by atoms with Gasteiger partial charge in [0.05, 0.1) is 36.3 Å². The summed E-state index contributed by atoms with van der Waals surface area (Å²) in [6, 6.07) is 25.0. The molecule has 4 aromatic heterocycles. The second-order valence-corrected chi connectivity index (χ2v) is 14.6. The summed E-state index contributed by atoms with van der Waals surface area (Å²) in [4.78, 5) is 13.2. The lowest BCUT2D eigenvalue weighted by atomic mass is 9.99. The summed E-state index contributed by atoms with van der Waals surface area (Å²) in [7, 11) is 0. The van der Waals surface area contributed by atoms with Gasteiger partial charge < -0.3 is 9.47 Å². The van der Waals surface area contributed by atoms with E-state index in [0.29, 0.717) is 0 Å². The lowest BCUT2D eigenvalue weighted by Gasteiger charge is -2.16. The van der Waals surface area contributed by atoms with Gasteiger partial charge in [-0.3, -0.25) is 0 Å². The smallest absolute Gasteiger partial charge is 0.119 e. The molecule has 0 aliphatic heterocycles. The summed E-state index contributed by atoms with van der Waals surface area (Å²) in [6.45, 7) is 5.90. The van der Waals surface area contributed by atoms with Gasteiger partial charge >= 0.3 is 0 Å². The van der Waals surface area contributed by atoms with Crippen molar-refractivity contribution in [1.82, 2.24) is 18.7 Å². The molecule has 7 aromatic rings. The van der Waals surface area contributed by atoms with Crippen molar-refractivity contribution in [2.45, 2.75) is 65.2 Å². The van der Waals surface area contributed by atoms with E-state index in [2.05, 4.69) is 73.1 Å². The van der Waals surface area contributed by atoms with Crippen LogP contribution in [0.15, 0.2) is 83.6 Å².